The fraction of sp³-hybridized carbons (Fsp3) is 0.571. The van der Waals surface area contributed by atoms with E-state index in [1.807, 2.05) is 17.0 Å². The zero-order valence-corrected chi connectivity index (χ0v) is 11.3. The van der Waals surface area contributed by atoms with Crippen LogP contribution in [-0.4, -0.2) is 42.1 Å². The second kappa shape index (κ2) is 6.63. The van der Waals surface area contributed by atoms with Gasteiger partial charge in [0.25, 0.3) is 0 Å². The molecular weight excluding hydrogens is 242 g/mol. The van der Waals surface area contributed by atoms with Gasteiger partial charge in [0.05, 0.1) is 6.04 Å². The van der Waals surface area contributed by atoms with Crippen molar-refractivity contribution in [3.63, 3.8) is 0 Å². The maximum absolute atomic E-state index is 12.1. The highest BCUT2D eigenvalue weighted by Crippen LogP contribution is 2.30. The highest BCUT2D eigenvalue weighted by atomic mass is 16.5. The van der Waals surface area contributed by atoms with Crippen LogP contribution >= 0.6 is 0 Å². The summed E-state index contributed by atoms with van der Waals surface area (Å²) in [5.41, 5.74) is 7.29. The van der Waals surface area contributed by atoms with E-state index in [0.29, 0.717) is 19.6 Å². The molecule has 104 valence electrons. The first-order valence-electron chi connectivity index (χ1n) is 6.68. The van der Waals surface area contributed by atoms with Gasteiger partial charge >= 0.3 is 0 Å². The van der Waals surface area contributed by atoms with Crippen LogP contribution in [0, 0.1) is 0 Å². The molecule has 5 heteroatoms. The van der Waals surface area contributed by atoms with Gasteiger partial charge in [0, 0.05) is 45.1 Å². The van der Waals surface area contributed by atoms with Crippen molar-refractivity contribution < 1.29 is 9.53 Å². The highest BCUT2D eigenvalue weighted by molar-refractivity contribution is 5.77. The summed E-state index contributed by atoms with van der Waals surface area (Å²) in [6.07, 6.45) is 5.60. The lowest BCUT2D eigenvalue weighted by Crippen LogP contribution is -2.49. The number of ether oxygens (including phenoxy) is 1. The van der Waals surface area contributed by atoms with Crippen LogP contribution in [0.3, 0.4) is 0 Å². The molecule has 0 aromatic carbocycles. The predicted octanol–water partition coefficient (Wildman–Crippen LogP) is 1.11. The maximum Gasteiger partial charge on any atom is 0.223 e. The number of aromatic nitrogens is 1. The van der Waals surface area contributed by atoms with E-state index in [4.69, 9.17) is 10.5 Å². The lowest BCUT2D eigenvalue weighted by atomic mass is 9.91. The number of nitrogens with zero attached hydrogens (tertiary/aromatic N) is 2. The van der Waals surface area contributed by atoms with E-state index in [2.05, 4.69) is 4.98 Å². The molecule has 2 atom stereocenters. The van der Waals surface area contributed by atoms with Crippen molar-refractivity contribution in [3.05, 3.63) is 30.1 Å². The highest BCUT2D eigenvalue weighted by Gasteiger charge is 2.34. The van der Waals surface area contributed by atoms with Crippen LogP contribution < -0.4 is 5.73 Å². The molecule has 0 saturated carbocycles. The number of methoxy groups -OCH3 is 1. The topological polar surface area (TPSA) is 68.5 Å². The van der Waals surface area contributed by atoms with Crippen LogP contribution in [0.2, 0.25) is 0 Å². The summed E-state index contributed by atoms with van der Waals surface area (Å²) >= 11 is 0. The Hall–Kier alpha value is -1.46. The summed E-state index contributed by atoms with van der Waals surface area (Å²) in [6, 6.07) is 3.82. The Morgan fingerprint density at radius 2 is 2.21 bits per heavy atom. The van der Waals surface area contributed by atoms with Crippen LogP contribution in [-0.2, 0) is 9.53 Å². The number of hydrogen-bond acceptors (Lipinski definition) is 4. The van der Waals surface area contributed by atoms with E-state index in [1.165, 1.54) is 0 Å². The molecule has 0 spiro atoms. The fourth-order valence-electron chi connectivity index (χ4n) is 2.61. The zero-order valence-electron chi connectivity index (χ0n) is 11.3. The third kappa shape index (κ3) is 3.30. The first-order chi connectivity index (χ1) is 9.24. The molecule has 1 saturated heterocycles. The summed E-state index contributed by atoms with van der Waals surface area (Å²) in [7, 11) is 1.67. The van der Waals surface area contributed by atoms with E-state index in [1.54, 1.807) is 19.5 Å². The molecule has 5 nitrogen and oxygen atoms in total. The Kier molecular flexibility index (Phi) is 4.87. The first kappa shape index (κ1) is 14.0. The number of pyridine rings is 1. The summed E-state index contributed by atoms with van der Waals surface area (Å²) < 4.78 is 5.06. The van der Waals surface area contributed by atoms with Gasteiger partial charge < -0.3 is 15.4 Å². The molecule has 1 aromatic heterocycles. The standard InChI is InChI=1S/C14H21N3O2/c1-19-10-2-9-17-13(18)4-3-12(15)14(17)11-5-7-16-8-6-11/h5-8,12,14H,2-4,9-10,15H2,1H3. The Labute approximate surface area is 113 Å². The van der Waals surface area contributed by atoms with E-state index < -0.39 is 0 Å². The Balaban J connectivity index is 2.16. The number of likely N-dealkylation sites (tertiary alicyclic amines) is 1. The van der Waals surface area contributed by atoms with Crippen molar-refractivity contribution in [2.45, 2.75) is 31.3 Å². The van der Waals surface area contributed by atoms with Gasteiger partial charge in [0.2, 0.25) is 5.91 Å². The summed E-state index contributed by atoms with van der Waals surface area (Å²) in [5, 5.41) is 0. The van der Waals surface area contributed by atoms with Crippen molar-refractivity contribution >= 4 is 5.91 Å². The first-order valence-corrected chi connectivity index (χ1v) is 6.68. The SMILES string of the molecule is COCCCN1C(=O)CCC(N)C1c1ccncc1. The molecule has 2 heterocycles. The Bertz CT molecular complexity index is 410. The smallest absolute Gasteiger partial charge is 0.223 e. The molecule has 2 unspecified atom stereocenters. The third-order valence-electron chi connectivity index (χ3n) is 3.55. The Morgan fingerprint density at radius 3 is 2.89 bits per heavy atom. The molecule has 2 N–H and O–H groups in total. The van der Waals surface area contributed by atoms with Gasteiger partial charge in [0.15, 0.2) is 0 Å². The second-order valence-corrected chi connectivity index (χ2v) is 4.86. The molecule has 1 aromatic rings. The van der Waals surface area contributed by atoms with Gasteiger partial charge in [-0.05, 0) is 30.5 Å². The van der Waals surface area contributed by atoms with Crippen molar-refractivity contribution in [2.75, 3.05) is 20.3 Å². The predicted molar refractivity (Wildman–Crippen MR) is 72.4 cm³/mol. The lowest BCUT2D eigenvalue weighted by molar-refractivity contribution is -0.137. The van der Waals surface area contributed by atoms with Crippen molar-refractivity contribution in [1.82, 2.24) is 9.88 Å². The minimum Gasteiger partial charge on any atom is -0.385 e. The minimum atomic E-state index is -0.0406. The lowest BCUT2D eigenvalue weighted by Gasteiger charge is -2.40. The fourth-order valence-corrected chi connectivity index (χ4v) is 2.61. The van der Waals surface area contributed by atoms with Gasteiger partial charge in [-0.1, -0.05) is 0 Å². The van der Waals surface area contributed by atoms with Crippen LogP contribution in [0.25, 0.3) is 0 Å². The van der Waals surface area contributed by atoms with E-state index in [-0.39, 0.29) is 18.0 Å². The molecule has 0 aliphatic carbocycles. The molecule has 0 bridgehead atoms. The summed E-state index contributed by atoms with van der Waals surface area (Å²) in [5.74, 6) is 0.180. The van der Waals surface area contributed by atoms with E-state index in [0.717, 1.165) is 18.4 Å². The Morgan fingerprint density at radius 1 is 1.47 bits per heavy atom. The van der Waals surface area contributed by atoms with Gasteiger partial charge in [-0.25, -0.2) is 0 Å². The van der Waals surface area contributed by atoms with Crippen molar-refractivity contribution in [2.24, 2.45) is 5.73 Å². The van der Waals surface area contributed by atoms with Crippen LogP contribution in [0.1, 0.15) is 30.9 Å². The van der Waals surface area contributed by atoms with E-state index in [9.17, 15) is 4.79 Å². The molecule has 0 radical (unpaired) electrons. The summed E-state index contributed by atoms with van der Waals surface area (Å²) in [4.78, 5) is 18.0. The molecule has 1 fully saturated rings. The van der Waals surface area contributed by atoms with Crippen LogP contribution in [0.15, 0.2) is 24.5 Å². The van der Waals surface area contributed by atoms with Gasteiger partial charge in [-0.3, -0.25) is 9.78 Å². The molecule has 1 aliphatic heterocycles. The molecule has 2 rings (SSSR count). The van der Waals surface area contributed by atoms with Gasteiger partial charge in [-0.2, -0.15) is 0 Å². The number of piperidine rings is 1. The molecular formula is C14H21N3O2. The molecule has 1 aliphatic rings. The van der Waals surface area contributed by atoms with Gasteiger partial charge in [0.1, 0.15) is 0 Å². The second-order valence-electron chi connectivity index (χ2n) is 4.86. The average Bonchev–Trinajstić information content (AvgIpc) is 2.44. The normalized spacial score (nSPS) is 23.7. The average molecular weight is 263 g/mol. The number of amides is 1. The maximum atomic E-state index is 12.1. The third-order valence-corrected chi connectivity index (χ3v) is 3.55. The number of carbonyl (C=O) groups excluding carboxylic acids is 1. The van der Waals surface area contributed by atoms with Crippen molar-refractivity contribution in [1.29, 1.82) is 0 Å². The largest absolute Gasteiger partial charge is 0.385 e. The number of carbonyl (C=O) groups is 1. The zero-order chi connectivity index (χ0) is 13.7. The number of rotatable bonds is 5. The number of hydrogen-bond donors (Lipinski definition) is 1. The number of nitrogens with two attached hydrogens (primary N) is 1. The molecule has 19 heavy (non-hydrogen) atoms. The van der Waals surface area contributed by atoms with Crippen molar-refractivity contribution in [3.8, 4) is 0 Å². The quantitative estimate of drug-likeness (QED) is 0.808. The van der Waals surface area contributed by atoms with Crippen LogP contribution in [0.5, 0.6) is 0 Å². The van der Waals surface area contributed by atoms with E-state index >= 15 is 0 Å². The molecule has 1 amide bonds. The monoisotopic (exact) mass is 263 g/mol. The van der Waals surface area contributed by atoms with Gasteiger partial charge in [-0.15, -0.1) is 0 Å². The van der Waals surface area contributed by atoms with Crippen LogP contribution in [0.4, 0.5) is 0 Å². The summed E-state index contributed by atoms with van der Waals surface area (Å²) in [6.45, 7) is 1.34. The minimum absolute atomic E-state index is 0.0114.